The van der Waals surface area contributed by atoms with Crippen molar-refractivity contribution >= 4 is 17.7 Å². The predicted molar refractivity (Wildman–Crippen MR) is 77.4 cm³/mol. The Kier molecular flexibility index (Phi) is 6.27. The molecule has 6 heteroatoms. The van der Waals surface area contributed by atoms with Crippen LogP contribution >= 0.6 is 11.8 Å². The molecule has 106 valence electrons. The van der Waals surface area contributed by atoms with Crippen LogP contribution in [0, 0.1) is 5.82 Å². The van der Waals surface area contributed by atoms with Gasteiger partial charge in [0.05, 0.1) is 0 Å². The van der Waals surface area contributed by atoms with Crippen LogP contribution in [0.15, 0.2) is 18.2 Å². The molecule has 0 aliphatic heterocycles. The number of hydrazine groups is 1. The van der Waals surface area contributed by atoms with Crippen LogP contribution in [0.4, 0.5) is 4.39 Å². The van der Waals surface area contributed by atoms with E-state index in [0.717, 1.165) is 5.75 Å². The highest BCUT2D eigenvalue weighted by Crippen LogP contribution is 2.15. The molecule has 0 aromatic heterocycles. The highest BCUT2D eigenvalue weighted by atomic mass is 32.2. The van der Waals surface area contributed by atoms with E-state index in [1.165, 1.54) is 12.1 Å². The number of halogens is 1. The zero-order valence-corrected chi connectivity index (χ0v) is 12.3. The summed E-state index contributed by atoms with van der Waals surface area (Å²) in [5, 5.41) is 0. The van der Waals surface area contributed by atoms with Gasteiger partial charge in [0, 0.05) is 29.5 Å². The average molecular weight is 285 g/mol. The number of benzene rings is 1. The minimum atomic E-state index is -0.416. The third kappa shape index (κ3) is 4.49. The zero-order valence-electron chi connectivity index (χ0n) is 11.4. The maximum atomic E-state index is 13.8. The molecular formula is C13H20FN3OS. The van der Waals surface area contributed by atoms with Crippen LogP contribution in [0.5, 0.6) is 0 Å². The Labute approximate surface area is 117 Å². The van der Waals surface area contributed by atoms with Crippen LogP contribution in [0.25, 0.3) is 0 Å². The smallest absolute Gasteiger partial charge is 0.265 e. The van der Waals surface area contributed by atoms with Crippen molar-refractivity contribution in [2.75, 3.05) is 19.1 Å². The number of hydrogen-bond acceptors (Lipinski definition) is 4. The first-order chi connectivity index (χ1) is 8.99. The summed E-state index contributed by atoms with van der Waals surface area (Å²) < 4.78 is 13.8. The van der Waals surface area contributed by atoms with Crippen molar-refractivity contribution in [3.63, 3.8) is 0 Å². The van der Waals surface area contributed by atoms with Gasteiger partial charge in [0.1, 0.15) is 5.82 Å². The van der Waals surface area contributed by atoms with Gasteiger partial charge >= 0.3 is 0 Å². The molecule has 0 aliphatic carbocycles. The fraction of sp³-hybridized carbons (Fsp3) is 0.462. The van der Waals surface area contributed by atoms with E-state index in [1.807, 2.05) is 18.7 Å². The lowest BCUT2D eigenvalue weighted by molar-refractivity contribution is 0.0953. The zero-order chi connectivity index (χ0) is 14.4. The second-order valence-electron chi connectivity index (χ2n) is 4.50. The van der Waals surface area contributed by atoms with Gasteiger partial charge in [-0.05, 0) is 38.4 Å². The first-order valence-corrected chi connectivity index (χ1v) is 7.37. The lowest BCUT2D eigenvalue weighted by atomic mass is 10.1. The molecule has 4 nitrogen and oxygen atoms in total. The number of carbonyl (C=O) groups excluding carboxylic acids is 1. The Hall–Kier alpha value is -1.11. The molecule has 0 aliphatic rings. The minimum absolute atomic E-state index is 0.309. The van der Waals surface area contributed by atoms with E-state index in [1.54, 1.807) is 17.8 Å². The van der Waals surface area contributed by atoms with E-state index in [2.05, 4.69) is 11.8 Å². The highest BCUT2D eigenvalue weighted by molar-refractivity contribution is 7.98. The van der Waals surface area contributed by atoms with Crippen LogP contribution in [0.3, 0.4) is 0 Å². The Bertz CT molecular complexity index is 442. The van der Waals surface area contributed by atoms with E-state index in [4.69, 9.17) is 5.84 Å². The molecule has 0 bridgehead atoms. The molecule has 1 amide bonds. The molecule has 0 saturated carbocycles. The minimum Gasteiger partial charge on any atom is -0.299 e. The Morgan fingerprint density at radius 1 is 1.58 bits per heavy atom. The topological polar surface area (TPSA) is 58.4 Å². The van der Waals surface area contributed by atoms with Crippen molar-refractivity contribution < 1.29 is 9.18 Å². The monoisotopic (exact) mass is 285 g/mol. The number of rotatable bonds is 6. The van der Waals surface area contributed by atoms with Crippen LogP contribution in [0.1, 0.15) is 22.8 Å². The largest absolute Gasteiger partial charge is 0.299 e. The number of amides is 1. The molecule has 0 heterocycles. The lowest BCUT2D eigenvalue weighted by Crippen LogP contribution is -2.32. The van der Waals surface area contributed by atoms with Gasteiger partial charge in [0.25, 0.3) is 5.91 Å². The van der Waals surface area contributed by atoms with E-state index < -0.39 is 5.91 Å². The van der Waals surface area contributed by atoms with Crippen molar-refractivity contribution in [3.8, 4) is 0 Å². The van der Waals surface area contributed by atoms with Gasteiger partial charge in [-0.2, -0.15) is 11.8 Å². The molecule has 0 saturated heterocycles. The van der Waals surface area contributed by atoms with E-state index in [0.29, 0.717) is 23.7 Å². The molecule has 1 atom stereocenters. The van der Waals surface area contributed by atoms with Gasteiger partial charge in [-0.15, -0.1) is 0 Å². The quantitative estimate of drug-likeness (QED) is 0.474. The summed E-state index contributed by atoms with van der Waals surface area (Å²) in [6.45, 7) is 2.55. The van der Waals surface area contributed by atoms with Gasteiger partial charge in [0.15, 0.2) is 0 Å². The SMILES string of the molecule is CSCC(C)N(C)Cc1cc(C(=O)NN)ccc1F. The lowest BCUT2D eigenvalue weighted by Gasteiger charge is -2.24. The number of thioether (sulfide) groups is 1. The maximum absolute atomic E-state index is 13.8. The average Bonchev–Trinajstić information content (AvgIpc) is 2.40. The Morgan fingerprint density at radius 3 is 2.84 bits per heavy atom. The normalized spacial score (nSPS) is 12.5. The van der Waals surface area contributed by atoms with Crippen LogP contribution < -0.4 is 11.3 Å². The number of nitrogens with one attached hydrogen (secondary N) is 1. The third-order valence-electron chi connectivity index (χ3n) is 3.02. The molecule has 3 N–H and O–H groups in total. The molecule has 0 radical (unpaired) electrons. The summed E-state index contributed by atoms with van der Waals surface area (Å²) in [6.07, 6.45) is 2.04. The standard InChI is InChI=1S/C13H20FN3OS/c1-9(8-19-3)17(2)7-11-6-10(13(18)16-15)4-5-12(11)14/h4-6,9H,7-8,15H2,1-3H3,(H,16,18). The fourth-order valence-corrected chi connectivity index (χ4v) is 2.45. The fourth-order valence-electron chi connectivity index (χ4n) is 1.71. The first-order valence-electron chi connectivity index (χ1n) is 5.98. The highest BCUT2D eigenvalue weighted by Gasteiger charge is 2.13. The van der Waals surface area contributed by atoms with Gasteiger partial charge < -0.3 is 0 Å². The summed E-state index contributed by atoms with van der Waals surface area (Å²) in [6, 6.07) is 4.60. The number of carbonyl (C=O) groups is 1. The van der Waals surface area contributed by atoms with E-state index >= 15 is 0 Å². The molecule has 1 aromatic carbocycles. The van der Waals surface area contributed by atoms with Crippen molar-refractivity contribution in [2.24, 2.45) is 5.84 Å². The summed E-state index contributed by atoms with van der Waals surface area (Å²) in [4.78, 5) is 13.5. The van der Waals surface area contributed by atoms with Crippen molar-refractivity contribution in [3.05, 3.63) is 35.1 Å². The summed E-state index contributed by atoms with van der Waals surface area (Å²) in [7, 11) is 1.94. The number of nitrogen functional groups attached to an aromatic ring is 1. The third-order valence-corrected chi connectivity index (χ3v) is 3.83. The van der Waals surface area contributed by atoms with Crippen LogP contribution in [-0.4, -0.2) is 35.9 Å². The molecule has 1 aromatic rings. The Morgan fingerprint density at radius 2 is 2.26 bits per heavy atom. The van der Waals surface area contributed by atoms with Crippen molar-refractivity contribution in [2.45, 2.75) is 19.5 Å². The number of hydrogen-bond donors (Lipinski definition) is 2. The summed E-state index contributed by atoms with van der Waals surface area (Å²) >= 11 is 1.75. The molecule has 0 fully saturated rings. The van der Waals surface area contributed by atoms with Crippen LogP contribution in [-0.2, 0) is 6.54 Å². The van der Waals surface area contributed by atoms with Gasteiger partial charge in [-0.25, -0.2) is 10.2 Å². The van der Waals surface area contributed by atoms with Crippen LogP contribution in [0.2, 0.25) is 0 Å². The van der Waals surface area contributed by atoms with Gasteiger partial charge in [0.2, 0.25) is 0 Å². The molecule has 1 unspecified atom stereocenters. The molecular weight excluding hydrogens is 265 g/mol. The predicted octanol–water partition coefficient (Wildman–Crippen LogP) is 1.61. The van der Waals surface area contributed by atoms with Gasteiger partial charge in [-0.3, -0.25) is 15.1 Å². The van der Waals surface area contributed by atoms with E-state index in [-0.39, 0.29) is 5.82 Å². The van der Waals surface area contributed by atoms with Gasteiger partial charge in [-0.1, -0.05) is 0 Å². The molecule has 0 spiro atoms. The maximum Gasteiger partial charge on any atom is 0.265 e. The molecule has 19 heavy (non-hydrogen) atoms. The summed E-state index contributed by atoms with van der Waals surface area (Å²) in [5.74, 6) is 5.32. The van der Waals surface area contributed by atoms with Crippen molar-refractivity contribution in [1.82, 2.24) is 10.3 Å². The summed E-state index contributed by atoms with van der Waals surface area (Å²) in [5.41, 5.74) is 2.91. The number of nitrogens with two attached hydrogens (primary N) is 1. The number of nitrogens with zero attached hydrogens (tertiary/aromatic N) is 1. The second kappa shape index (κ2) is 7.47. The van der Waals surface area contributed by atoms with E-state index in [9.17, 15) is 9.18 Å². The first kappa shape index (κ1) is 15.9. The molecule has 1 rings (SSSR count). The van der Waals surface area contributed by atoms with Crippen molar-refractivity contribution in [1.29, 1.82) is 0 Å². The second-order valence-corrected chi connectivity index (χ2v) is 5.41. The Balaban J connectivity index is 2.85.